The van der Waals surface area contributed by atoms with Gasteiger partial charge in [-0.25, -0.2) is 15.0 Å². The molecule has 57 heavy (non-hydrogen) atoms. The number of para-hydroxylation sites is 3. The molecule has 0 saturated heterocycles. The summed E-state index contributed by atoms with van der Waals surface area (Å²) in [6, 6.07) is 59.7. The fraction of sp³-hybridized carbons (Fsp3) is 0. The first-order chi connectivity index (χ1) is 28.2. The molecule has 0 amide bonds. The zero-order chi connectivity index (χ0) is 37.5. The molecule has 0 fully saturated rings. The Morgan fingerprint density at radius 3 is 1.53 bits per heavy atom. The normalized spacial score (nSPS) is 11.9. The number of furan rings is 3. The van der Waals surface area contributed by atoms with Gasteiger partial charge in [0.2, 0.25) is 0 Å². The average molecular weight is 732 g/mol. The van der Waals surface area contributed by atoms with E-state index < -0.39 is 0 Å². The van der Waals surface area contributed by atoms with E-state index in [1.54, 1.807) is 0 Å². The molecule has 4 heterocycles. The van der Waals surface area contributed by atoms with Crippen molar-refractivity contribution in [2.75, 3.05) is 0 Å². The van der Waals surface area contributed by atoms with Crippen LogP contribution in [0.1, 0.15) is 0 Å². The lowest BCUT2D eigenvalue weighted by atomic mass is 9.92. The number of fused-ring (bicyclic) bond motifs is 9. The van der Waals surface area contributed by atoms with Gasteiger partial charge in [0.15, 0.2) is 17.5 Å². The molecule has 0 aliphatic carbocycles. The van der Waals surface area contributed by atoms with Crippen molar-refractivity contribution in [1.82, 2.24) is 15.0 Å². The van der Waals surface area contributed by atoms with Crippen LogP contribution in [-0.2, 0) is 0 Å². The van der Waals surface area contributed by atoms with Crippen molar-refractivity contribution in [2.24, 2.45) is 0 Å². The van der Waals surface area contributed by atoms with Crippen molar-refractivity contribution in [3.05, 3.63) is 176 Å². The van der Waals surface area contributed by atoms with Gasteiger partial charge >= 0.3 is 0 Å². The van der Waals surface area contributed by atoms with Gasteiger partial charge in [-0.3, -0.25) is 0 Å². The summed E-state index contributed by atoms with van der Waals surface area (Å²) in [7, 11) is 0. The summed E-state index contributed by atoms with van der Waals surface area (Å²) in [5.74, 6) is 1.79. The Morgan fingerprint density at radius 2 is 0.825 bits per heavy atom. The molecule has 0 spiro atoms. The molecule has 0 aliphatic rings. The summed E-state index contributed by atoms with van der Waals surface area (Å²) in [5, 5.41) is 6.28. The van der Waals surface area contributed by atoms with Gasteiger partial charge in [0, 0.05) is 60.1 Å². The third-order valence-electron chi connectivity index (χ3n) is 10.9. The minimum atomic E-state index is 0.571. The van der Waals surface area contributed by atoms with E-state index in [2.05, 4.69) is 72.8 Å². The highest BCUT2D eigenvalue weighted by Gasteiger charge is 2.22. The van der Waals surface area contributed by atoms with Gasteiger partial charge in [0.05, 0.1) is 0 Å². The summed E-state index contributed by atoms with van der Waals surface area (Å²) < 4.78 is 19.9. The number of aromatic nitrogens is 3. The Kier molecular flexibility index (Phi) is 6.83. The molecule has 0 bridgehead atoms. The van der Waals surface area contributed by atoms with Crippen LogP contribution in [0.2, 0.25) is 0 Å². The minimum Gasteiger partial charge on any atom is -0.456 e. The van der Waals surface area contributed by atoms with Crippen LogP contribution in [0.5, 0.6) is 0 Å². The summed E-state index contributed by atoms with van der Waals surface area (Å²) in [6.45, 7) is 0. The zero-order valence-corrected chi connectivity index (χ0v) is 30.3. The lowest BCUT2D eigenvalue weighted by Crippen LogP contribution is -2.00. The molecule has 266 valence electrons. The zero-order valence-electron chi connectivity index (χ0n) is 30.3. The Bertz CT molecular complexity index is 3470. The van der Waals surface area contributed by atoms with E-state index in [-0.39, 0.29) is 0 Å². The van der Waals surface area contributed by atoms with Crippen molar-refractivity contribution in [2.45, 2.75) is 0 Å². The smallest absolute Gasteiger partial charge is 0.164 e. The predicted molar refractivity (Wildman–Crippen MR) is 229 cm³/mol. The van der Waals surface area contributed by atoms with Gasteiger partial charge in [0.25, 0.3) is 0 Å². The molecular formula is C51H29N3O3. The van der Waals surface area contributed by atoms with Gasteiger partial charge in [-0.2, -0.15) is 0 Å². The predicted octanol–water partition coefficient (Wildman–Crippen LogP) is 13.9. The van der Waals surface area contributed by atoms with E-state index >= 15 is 0 Å². The van der Waals surface area contributed by atoms with Crippen LogP contribution in [0, 0.1) is 0 Å². The molecule has 12 rings (SSSR count). The van der Waals surface area contributed by atoms with Crippen molar-refractivity contribution >= 4 is 65.8 Å². The highest BCUT2D eigenvalue weighted by atomic mass is 16.3. The quantitative estimate of drug-likeness (QED) is 0.175. The Morgan fingerprint density at radius 1 is 0.281 bits per heavy atom. The lowest BCUT2D eigenvalue weighted by Gasteiger charge is -2.10. The largest absolute Gasteiger partial charge is 0.456 e. The number of benzene rings is 8. The van der Waals surface area contributed by atoms with Crippen LogP contribution in [0.4, 0.5) is 0 Å². The van der Waals surface area contributed by atoms with Crippen molar-refractivity contribution in [3.8, 4) is 56.4 Å². The minimum absolute atomic E-state index is 0.571. The maximum atomic E-state index is 6.70. The monoisotopic (exact) mass is 731 g/mol. The molecule has 8 aromatic carbocycles. The summed E-state index contributed by atoms with van der Waals surface area (Å²) >= 11 is 0. The fourth-order valence-electron chi connectivity index (χ4n) is 8.28. The molecule has 0 saturated carbocycles. The SMILES string of the molecule is c1ccc(-c2nc(-c3ccccc3)nc(-c3ccc4c(c3)oc3cccc(-c5cc(-c6cccc7c6oc6ccccc67)cc6c5oc5ccccc56)c34)n2)cc1. The molecule has 0 atom stereocenters. The van der Waals surface area contributed by atoms with E-state index in [1.807, 2.05) is 103 Å². The molecule has 6 heteroatoms. The number of hydrogen-bond acceptors (Lipinski definition) is 6. The average Bonchev–Trinajstić information content (AvgIpc) is 3.98. The summed E-state index contributed by atoms with van der Waals surface area (Å²) in [5.41, 5.74) is 11.6. The topological polar surface area (TPSA) is 78.1 Å². The molecule has 0 radical (unpaired) electrons. The molecule has 12 aromatic rings. The second-order valence-electron chi connectivity index (χ2n) is 14.3. The third-order valence-corrected chi connectivity index (χ3v) is 10.9. The fourth-order valence-corrected chi connectivity index (χ4v) is 8.28. The van der Waals surface area contributed by atoms with E-state index in [4.69, 9.17) is 28.2 Å². The van der Waals surface area contributed by atoms with Crippen molar-refractivity contribution in [1.29, 1.82) is 0 Å². The van der Waals surface area contributed by atoms with Gasteiger partial charge in [-0.05, 0) is 53.6 Å². The van der Waals surface area contributed by atoms with Gasteiger partial charge in [-0.15, -0.1) is 0 Å². The number of nitrogens with zero attached hydrogens (tertiary/aromatic N) is 3. The summed E-state index contributed by atoms with van der Waals surface area (Å²) in [6.07, 6.45) is 0. The number of rotatable bonds is 5. The highest BCUT2D eigenvalue weighted by Crippen LogP contribution is 2.46. The molecule has 0 N–H and O–H groups in total. The first-order valence-electron chi connectivity index (χ1n) is 18.9. The van der Waals surface area contributed by atoms with E-state index in [1.165, 1.54) is 0 Å². The van der Waals surface area contributed by atoms with Crippen LogP contribution in [0.15, 0.2) is 189 Å². The molecule has 0 aliphatic heterocycles. The van der Waals surface area contributed by atoms with E-state index in [9.17, 15) is 0 Å². The van der Waals surface area contributed by atoms with Gasteiger partial charge < -0.3 is 13.3 Å². The first-order valence-corrected chi connectivity index (χ1v) is 18.9. The molecule has 0 unspecified atom stereocenters. The van der Waals surface area contributed by atoms with E-state index in [0.29, 0.717) is 17.5 Å². The second-order valence-corrected chi connectivity index (χ2v) is 14.3. The van der Waals surface area contributed by atoms with Crippen molar-refractivity contribution < 1.29 is 13.3 Å². The number of hydrogen-bond donors (Lipinski definition) is 0. The highest BCUT2D eigenvalue weighted by molar-refractivity contribution is 6.19. The van der Waals surface area contributed by atoms with Crippen LogP contribution in [0.25, 0.3) is 122 Å². The van der Waals surface area contributed by atoms with Crippen LogP contribution in [-0.4, -0.2) is 15.0 Å². The van der Waals surface area contributed by atoms with Crippen LogP contribution < -0.4 is 0 Å². The van der Waals surface area contributed by atoms with Crippen LogP contribution >= 0.6 is 0 Å². The molecule has 4 aromatic heterocycles. The van der Waals surface area contributed by atoms with Gasteiger partial charge in [-0.1, -0.05) is 133 Å². The Hall–Kier alpha value is -7.83. The maximum Gasteiger partial charge on any atom is 0.164 e. The van der Waals surface area contributed by atoms with E-state index in [0.717, 1.165) is 105 Å². The lowest BCUT2D eigenvalue weighted by molar-refractivity contribution is 0.668. The Labute approximate surface area is 325 Å². The maximum absolute atomic E-state index is 6.70. The Balaban J connectivity index is 1.07. The standard InChI is InChI=1S/C51H29N3O3/c1-3-13-30(14-4-1)49-52-50(31-15-5-2-6-16-31)54-51(53-49)32-25-26-39-45(29-32)55-44-24-12-20-37(46(39)44)41-28-33(27-40-36-18-8-10-23-43(36)57-48(40)41)34-19-11-21-38-35-17-7-9-22-42(35)56-47(34)38/h1-29H. The third kappa shape index (κ3) is 5.01. The summed E-state index contributed by atoms with van der Waals surface area (Å²) in [4.78, 5) is 14.8. The van der Waals surface area contributed by atoms with Gasteiger partial charge in [0.1, 0.15) is 33.5 Å². The molecule has 6 nitrogen and oxygen atoms in total. The first kappa shape index (κ1) is 31.5. The molecular weight excluding hydrogens is 703 g/mol. The van der Waals surface area contributed by atoms with Crippen molar-refractivity contribution in [3.63, 3.8) is 0 Å². The van der Waals surface area contributed by atoms with Crippen LogP contribution in [0.3, 0.4) is 0 Å². The second kappa shape index (κ2) is 12.3.